The van der Waals surface area contributed by atoms with Crippen LogP contribution in [0.3, 0.4) is 0 Å². The Hall–Kier alpha value is -0.610. The SMILES string of the molecule is CCN(CC)C(=O)CNC(CCO)C(C)C. The van der Waals surface area contributed by atoms with E-state index in [-0.39, 0.29) is 18.6 Å². The Bertz CT molecular complexity index is 191. The van der Waals surface area contributed by atoms with Crippen molar-refractivity contribution in [2.75, 3.05) is 26.2 Å². The minimum absolute atomic E-state index is 0.133. The van der Waals surface area contributed by atoms with Gasteiger partial charge in [0.1, 0.15) is 0 Å². The lowest BCUT2D eigenvalue weighted by Gasteiger charge is -2.24. The Labute approximate surface area is 99.0 Å². The van der Waals surface area contributed by atoms with E-state index < -0.39 is 0 Å². The minimum atomic E-state index is 0.133. The van der Waals surface area contributed by atoms with Crippen LogP contribution in [-0.4, -0.2) is 48.2 Å². The number of carbonyl (C=O) groups excluding carboxylic acids is 1. The maximum absolute atomic E-state index is 11.7. The van der Waals surface area contributed by atoms with Crippen LogP contribution in [0.1, 0.15) is 34.1 Å². The predicted octanol–water partition coefficient (Wildman–Crippen LogP) is 0.851. The number of hydrogen-bond donors (Lipinski definition) is 2. The third-order valence-corrected chi connectivity index (χ3v) is 2.88. The van der Waals surface area contributed by atoms with E-state index in [0.717, 1.165) is 13.1 Å². The summed E-state index contributed by atoms with van der Waals surface area (Å²) >= 11 is 0. The summed E-state index contributed by atoms with van der Waals surface area (Å²) in [6, 6.07) is 0.213. The molecule has 0 spiro atoms. The zero-order valence-electron chi connectivity index (χ0n) is 11.0. The molecule has 0 bridgehead atoms. The number of likely N-dealkylation sites (N-methyl/N-ethyl adjacent to an activating group) is 1. The second kappa shape index (κ2) is 8.53. The van der Waals surface area contributed by atoms with Gasteiger partial charge in [-0.15, -0.1) is 0 Å². The first-order valence-corrected chi connectivity index (χ1v) is 6.18. The molecule has 4 nitrogen and oxygen atoms in total. The molecule has 0 aromatic carbocycles. The Balaban J connectivity index is 4.04. The summed E-state index contributed by atoms with van der Waals surface area (Å²) in [5.74, 6) is 0.560. The van der Waals surface area contributed by atoms with Crippen molar-refractivity contribution >= 4 is 5.91 Å². The molecule has 4 heteroatoms. The number of aliphatic hydroxyl groups is 1. The fourth-order valence-electron chi connectivity index (χ4n) is 1.72. The molecule has 0 aliphatic heterocycles. The van der Waals surface area contributed by atoms with Gasteiger partial charge in [0, 0.05) is 25.7 Å². The lowest BCUT2D eigenvalue weighted by Crippen LogP contribution is -2.43. The molecule has 0 saturated heterocycles. The lowest BCUT2D eigenvalue weighted by molar-refractivity contribution is -0.130. The number of rotatable bonds is 8. The van der Waals surface area contributed by atoms with Gasteiger partial charge in [-0.1, -0.05) is 13.8 Å². The standard InChI is InChI=1S/C12H26N2O2/c1-5-14(6-2)12(16)9-13-11(7-8-15)10(3)4/h10-11,13,15H,5-9H2,1-4H3. The topological polar surface area (TPSA) is 52.6 Å². The summed E-state index contributed by atoms with van der Waals surface area (Å²) in [6.45, 7) is 10.2. The van der Waals surface area contributed by atoms with Crippen molar-refractivity contribution in [1.29, 1.82) is 0 Å². The Morgan fingerprint density at radius 1 is 1.31 bits per heavy atom. The molecular formula is C12H26N2O2. The number of hydrogen-bond acceptors (Lipinski definition) is 3. The summed E-state index contributed by atoms with van der Waals surface area (Å²) in [5, 5.41) is 12.1. The molecule has 0 rings (SSSR count). The first kappa shape index (κ1) is 15.4. The van der Waals surface area contributed by atoms with Crippen LogP contribution in [0.4, 0.5) is 0 Å². The molecule has 1 unspecified atom stereocenters. The molecule has 96 valence electrons. The van der Waals surface area contributed by atoms with Crippen LogP contribution in [0.5, 0.6) is 0 Å². The molecule has 2 N–H and O–H groups in total. The van der Waals surface area contributed by atoms with Gasteiger partial charge in [0.2, 0.25) is 5.91 Å². The van der Waals surface area contributed by atoms with Crippen molar-refractivity contribution in [2.45, 2.75) is 40.2 Å². The number of nitrogens with one attached hydrogen (secondary N) is 1. The molecule has 0 aliphatic carbocycles. The summed E-state index contributed by atoms with van der Waals surface area (Å²) in [7, 11) is 0. The molecule has 0 radical (unpaired) electrons. The highest BCUT2D eigenvalue weighted by Crippen LogP contribution is 2.05. The second-order valence-corrected chi connectivity index (χ2v) is 4.31. The lowest BCUT2D eigenvalue weighted by atomic mass is 10.0. The predicted molar refractivity (Wildman–Crippen MR) is 66.3 cm³/mol. The van der Waals surface area contributed by atoms with E-state index in [1.165, 1.54) is 0 Å². The van der Waals surface area contributed by atoms with Gasteiger partial charge >= 0.3 is 0 Å². The van der Waals surface area contributed by atoms with Crippen LogP contribution in [0, 0.1) is 5.92 Å². The highest BCUT2D eigenvalue weighted by atomic mass is 16.3. The van der Waals surface area contributed by atoms with Gasteiger partial charge < -0.3 is 15.3 Å². The Morgan fingerprint density at radius 2 is 1.88 bits per heavy atom. The van der Waals surface area contributed by atoms with Crippen LogP contribution < -0.4 is 5.32 Å². The quantitative estimate of drug-likeness (QED) is 0.650. The molecule has 0 aliphatic rings. The van der Waals surface area contributed by atoms with Crippen molar-refractivity contribution in [2.24, 2.45) is 5.92 Å². The first-order chi connectivity index (χ1) is 7.56. The number of nitrogens with zero attached hydrogens (tertiary/aromatic N) is 1. The van der Waals surface area contributed by atoms with Crippen molar-refractivity contribution in [3.63, 3.8) is 0 Å². The van der Waals surface area contributed by atoms with Crippen LogP contribution in [0.2, 0.25) is 0 Å². The van der Waals surface area contributed by atoms with Crippen molar-refractivity contribution < 1.29 is 9.90 Å². The molecule has 0 aromatic rings. The maximum atomic E-state index is 11.7. The van der Waals surface area contributed by atoms with Crippen LogP contribution in [-0.2, 0) is 4.79 Å². The van der Waals surface area contributed by atoms with Crippen molar-refractivity contribution in [1.82, 2.24) is 10.2 Å². The van der Waals surface area contributed by atoms with Crippen molar-refractivity contribution in [3.8, 4) is 0 Å². The smallest absolute Gasteiger partial charge is 0.236 e. The van der Waals surface area contributed by atoms with Crippen molar-refractivity contribution in [3.05, 3.63) is 0 Å². The highest BCUT2D eigenvalue weighted by Gasteiger charge is 2.15. The molecule has 1 atom stereocenters. The monoisotopic (exact) mass is 230 g/mol. The third kappa shape index (κ3) is 5.47. The first-order valence-electron chi connectivity index (χ1n) is 6.18. The fraction of sp³-hybridized carbons (Fsp3) is 0.917. The van der Waals surface area contributed by atoms with E-state index in [1.807, 2.05) is 18.7 Å². The molecule has 1 amide bonds. The number of carbonyl (C=O) groups is 1. The highest BCUT2D eigenvalue weighted by molar-refractivity contribution is 5.78. The average molecular weight is 230 g/mol. The summed E-state index contributed by atoms with van der Waals surface area (Å²) in [5.41, 5.74) is 0. The summed E-state index contributed by atoms with van der Waals surface area (Å²) in [4.78, 5) is 13.5. The van der Waals surface area contributed by atoms with Gasteiger partial charge in [-0.05, 0) is 26.2 Å². The van der Waals surface area contributed by atoms with Gasteiger partial charge in [-0.25, -0.2) is 0 Å². The molecule has 16 heavy (non-hydrogen) atoms. The van der Waals surface area contributed by atoms with Gasteiger partial charge in [-0.2, -0.15) is 0 Å². The Morgan fingerprint density at radius 3 is 2.25 bits per heavy atom. The molecule has 0 saturated carbocycles. The largest absolute Gasteiger partial charge is 0.396 e. The number of amides is 1. The van der Waals surface area contributed by atoms with Gasteiger partial charge in [0.05, 0.1) is 6.54 Å². The van der Waals surface area contributed by atoms with Gasteiger partial charge in [-0.3, -0.25) is 4.79 Å². The van der Waals surface area contributed by atoms with Crippen LogP contribution in [0.25, 0.3) is 0 Å². The summed E-state index contributed by atoms with van der Waals surface area (Å²) in [6.07, 6.45) is 0.698. The van der Waals surface area contributed by atoms with E-state index in [9.17, 15) is 4.79 Å². The minimum Gasteiger partial charge on any atom is -0.396 e. The fourth-order valence-corrected chi connectivity index (χ4v) is 1.72. The zero-order valence-corrected chi connectivity index (χ0v) is 11.0. The maximum Gasteiger partial charge on any atom is 0.236 e. The van der Waals surface area contributed by atoms with Gasteiger partial charge in [0.25, 0.3) is 0 Å². The Kier molecular flexibility index (Phi) is 8.21. The molecule has 0 fully saturated rings. The van der Waals surface area contributed by atoms with Crippen LogP contribution in [0.15, 0.2) is 0 Å². The van der Waals surface area contributed by atoms with Crippen LogP contribution >= 0.6 is 0 Å². The summed E-state index contributed by atoms with van der Waals surface area (Å²) < 4.78 is 0. The third-order valence-electron chi connectivity index (χ3n) is 2.88. The molecule has 0 aromatic heterocycles. The zero-order chi connectivity index (χ0) is 12.6. The van der Waals surface area contributed by atoms with E-state index in [2.05, 4.69) is 19.2 Å². The van der Waals surface area contributed by atoms with E-state index in [4.69, 9.17) is 5.11 Å². The normalized spacial score (nSPS) is 12.9. The van der Waals surface area contributed by atoms with E-state index in [1.54, 1.807) is 0 Å². The van der Waals surface area contributed by atoms with Gasteiger partial charge in [0.15, 0.2) is 0 Å². The molecular weight excluding hydrogens is 204 g/mol. The van der Waals surface area contributed by atoms with E-state index >= 15 is 0 Å². The van der Waals surface area contributed by atoms with E-state index in [0.29, 0.717) is 18.9 Å². The average Bonchev–Trinajstić information content (AvgIpc) is 2.25. The molecule has 0 heterocycles. The second-order valence-electron chi connectivity index (χ2n) is 4.31. The number of aliphatic hydroxyl groups excluding tert-OH is 1.